The fourth-order valence-electron chi connectivity index (χ4n) is 4.44. The minimum Gasteiger partial charge on any atom is -0.378 e. The minimum atomic E-state index is -0.255. The summed E-state index contributed by atoms with van der Waals surface area (Å²) in [6.07, 6.45) is 3.77. The molecular weight excluding hydrogens is 261 g/mol. The molecule has 2 bridgehead atoms. The Morgan fingerprint density at radius 3 is 2.63 bits per heavy atom. The Hall–Kier alpha value is -0.760. The van der Waals surface area contributed by atoms with Gasteiger partial charge >= 0.3 is 0 Å². The highest BCUT2D eigenvalue weighted by molar-refractivity contribution is 6.33. The van der Waals surface area contributed by atoms with Gasteiger partial charge in [0.25, 0.3) is 0 Å². The van der Waals surface area contributed by atoms with Crippen LogP contribution in [0.15, 0.2) is 18.2 Å². The molecule has 1 aromatic rings. The Kier molecular flexibility index (Phi) is 2.87. The molecule has 0 amide bonds. The second kappa shape index (κ2) is 4.12. The van der Waals surface area contributed by atoms with Crippen LogP contribution in [0.25, 0.3) is 0 Å². The van der Waals surface area contributed by atoms with Gasteiger partial charge in [0.05, 0.1) is 10.7 Å². The standard InChI is InChI=1S/C16H21ClFN/c1-15(2)10-7-8-16(3,9-10)14(15)19-13-11(17)5-4-6-12(13)18/h4-6,10,14,19H,7-9H2,1-3H3/t10-,14?,16+/m0/s1. The van der Waals surface area contributed by atoms with Crippen LogP contribution in [-0.2, 0) is 0 Å². The Labute approximate surface area is 119 Å². The first-order valence-corrected chi connectivity index (χ1v) is 7.43. The molecule has 19 heavy (non-hydrogen) atoms. The Balaban J connectivity index is 1.95. The first kappa shape index (κ1) is 13.2. The first-order chi connectivity index (χ1) is 8.84. The molecule has 104 valence electrons. The molecule has 2 saturated carbocycles. The molecule has 0 radical (unpaired) electrons. The Morgan fingerprint density at radius 2 is 2.05 bits per heavy atom. The smallest absolute Gasteiger partial charge is 0.147 e. The molecule has 0 spiro atoms. The predicted octanol–water partition coefficient (Wildman–Crippen LogP) is 5.11. The number of fused-ring (bicyclic) bond motifs is 2. The van der Waals surface area contributed by atoms with Crippen LogP contribution >= 0.6 is 11.6 Å². The molecule has 2 aliphatic rings. The largest absolute Gasteiger partial charge is 0.378 e. The average Bonchev–Trinajstić information content (AvgIpc) is 2.78. The molecule has 0 aromatic heterocycles. The van der Waals surface area contributed by atoms with Crippen LogP contribution < -0.4 is 5.32 Å². The van der Waals surface area contributed by atoms with Crippen molar-refractivity contribution >= 4 is 17.3 Å². The van der Waals surface area contributed by atoms with Crippen molar-refractivity contribution in [2.75, 3.05) is 5.32 Å². The normalized spacial score (nSPS) is 35.6. The van der Waals surface area contributed by atoms with Crippen molar-refractivity contribution in [3.8, 4) is 0 Å². The fraction of sp³-hybridized carbons (Fsp3) is 0.625. The number of halogens is 2. The molecule has 0 saturated heterocycles. The minimum absolute atomic E-state index is 0.193. The van der Waals surface area contributed by atoms with E-state index < -0.39 is 0 Å². The highest BCUT2D eigenvalue weighted by atomic mass is 35.5. The highest BCUT2D eigenvalue weighted by Crippen LogP contribution is 2.63. The summed E-state index contributed by atoms with van der Waals surface area (Å²) in [7, 11) is 0. The maximum Gasteiger partial charge on any atom is 0.147 e. The molecule has 0 aliphatic heterocycles. The average molecular weight is 282 g/mol. The maximum atomic E-state index is 14.0. The third kappa shape index (κ3) is 1.87. The molecule has 1 unspecified atom stereocenters. The molecule has 1 aromatic carbocycles. The van der Waals surface area contributed by atoms with E-state index in [2.05, 4.69) is 26.1 Å². The summed E-state index contributed by atoms with van der Waals surface area (Å²) >= 11 is 6.15. The number of hydrogen-bond donors (Lipinski definition) is 1. The summed E-state index contributed by atoms with van der Waals surface area (Å²) in [5.74, 6) is 0.482. The van der Waals surface area contributed by atoms with E-state index in [1.165, 1.54) is 25.3 Å². The number of hydrogen-bond acceptors (Lipinski definition) is 1. The van der Waals surface area contributed by atoms with Crippen LogP contribution in [0, 0.1) is 22.6 Å². The van der Waals surface area contributed by atoms with Gasteiger partial charge in [-0.25, -0.2) is 4.39 Å². The van der Waals surface area contributed by atoms with Gasteiger partial charge in [-0.3, -0.25) is 0 Å². The van der Waals surface area contributed by atoms with Gasteiger partial charge in [0.15, 0.2) is 0 Å². The second-order valence-electron chi connectivity index (χ2n) is 7.09. The Bertz CT molecular complexity index is 488. The zero-order valence-corrected chi connectivity index (χ0v) is 12.5. The van der Waals surface area contributed by atoms with Crippen LogP contribution in [0.5, 0.6) is 0 Å². The summed E-state index contributed by atoms with van der Waals surface area (Å²) in [6, 6.07) is 5.15. The zero-order valence-electron chi connectivity index (χ0n) is 11.8. The van der Waals surface area contributed by atoms with Gasteiger partial charge in [-0.15, -0.1) is 0 Å². The van der Waals surface area contributed by atoms with E-state index in [9.17, 15) is 4.39 Å². The van der Waals surface area contributed by atoms with Crippen LogP contribution in [0.1, 0.15) is 40.0 Å². The van der Waals surface area contributed by atoms with Gasteiger partial charge in [-0.05, 0) is 48.1 Å². The predicted molar refractivity (Wildman–Crippen MR) is 78.0 cm³/mol. The molecule has 0 heterocycles. The molecule has 1 nitrogen and oxygen atoms in total. The molecule has 3 atom stereocenters. The third-order valence-electron chi connectivity index (χ3n) is 5.52. The number of anilines is 1. The van der Waals surface area contributed by atoms with E-state index in [1.807, 2.05) is 0 Å². The summed E-state index contributed by atoms with van der Waals surface area (Å²) in [4.78, 5) is 0. The highest BCUT2D eigenvalue weighted by Gasteiger charge is 2.59. The third-order valence-corrected chi connectivity index (χ3v) is 5.84. The van der Waals surface area contributed by atoms with Crippen molar-refractivity contribution in [3.05, 3.63) is 29.0 Å². The van der Waals surface area contributed by atoms with Crippen molar-refractivity contribution in [2.24, 2.45) is 16.7 Å². The molecular formula is C16H21ClFN. The first-order valence-electron chi connectivity index (χ1n) is 7.05. The summed E-state index contributed by atoms with van der Waals surface area (Å²) in [5.41, 5.74) is 0.925. The number of nitrogens with one attached hydrogen (secondary N) is 1. The molecule has 1 N–H and O–H groups in total. The number of para-hydroxylation sites is 1. The molecule has 2 fully saturated rings. The van der Waals surface area contributed by atoms with Crippen LogP contribution in [0.3, 0.4) is 0 Å². The zero-order chi connectivity index (χ0) is 13.8. The lowest BCUT2D eigenvalue weighted by Crippen LogP contribution is -2.46. The number of rotatable bonds is 2. The fourth-order valence-corrected chi connectivity index (χ4v) is 4.66. The topological polar surface area (TPSA) is 12.0 Å². The van der Waals surface area contributed by atoms with Crippen molar-refractivity contribution in [1.82, 2.24) is 0 Å². The van der Waals surface area contributed by atoms with Gasteiger partial charge in [-0.1, -0.05) is 38.4 Å². The van der Waals surface area contributed by atoms with E-state index >= 15 is 0 Å². The van der Waals surface area contributed by atoms with E-state index in [-0.39, 0.29) is 22.7 Å². The van der Waals surface area contributed by atoms with Crippen molar-refractivity contribution in [1.29, 1.82) is 0 Å². The number of benzene rings is 1. The van der Waals surface area contributed by atoms with Gasteiger partial charge in [0.1, 0.15) is 5.82 Å². The van der Waals surface area contributed by atoms with Crippen LogP contribution in [0.2, 0.25) is 5.02 Å². The van der Waals surface area contributed by atoms with Gasteiger partial charge in [0, 0.05) is 6.04 Å². The lowest BCUT2D eigenvalue weighted by molar-refractivity contribution is 0.155. The lowest BCUT2D eigenvalue weighted by Gasteiger charge is -2.43. The van der Waals surface area contributed by atoms with E-state index in [4.69, 9.17) is 11.6 Å². The second-order valence-corrected chi connectivity index (χ2v) is 7.50. The lowest BCUT2D eigenvalue weighted by atomic mass is 9.68. The maximum absolute atomic E-state index is 14.0. The van der Waals surface area contributed by atoms with Gasteiger partial charge in [-0.2, -0.15) is 0 Å². The molecule has 2 aliphatic carbocycles. The van der Waals surface area contributed by atoms with Gasteiger partial charge in [0.2, 0.25) is 0 Å². The van der Waals surface area contributed by atoms with E-state index in [0.717, 1.165) is 5.92 Å². The van der Waals surface area contributed by atoms with E-state index in [0.29, 0.717) is 10.7 Å². The van der Waals surface area contributed by atoms with Crippen molar-refractivity contribution in [2.45, 2.75) is 46.1 Å². The van der Waals surface area contributed by atoms with Crippen molar-refractivity contribution in [3.63, 3.8) is 0 Å². The monoisotopic (exact) mass is 281 g/mol. The Morgan fingerprint density at radius 1 is 1.32 bits per heavy atom. The van der Waals surface area contributed by atoms with Crippen LogP contribution in [-0.4, -0.2) is 6.04 Å². The van der Waals surface area contributed by atoms with E-state index in [1.54, 1.807) is 12.1 Å². The molecule has 3 heteroatoms. The summed E-state index contributed by atoms with van der Waals surface area (Å²) < 4.78 is 14.0. The summed E-state index contributed by atoms with van der Waals surface area (Å²) in [5, 5.41) is 3.91. The van der Waals surface area contributed by atoms with Crippen molar-refractivity contribution < 1.29 is 4.39 Å². The van der Waals surface area contributed by atoms with Crippen LogP contribution in [0.4, 0.5) is 10.1 Å². The summed E-state index contributed by atoms with van der Waals surface area (Å²) in [6.45, 7) is 6.93. The quantitative estimate of drug-likeness (QED) is 0.795. The SMILES string of the molecule is CC1(C)C(Nc2c(F)cccc2Cl)[C@]2(C)CC[C@H]1C2. The molecule has 3 rings (SSSR count). The van der Waals surface area contributed by atoms with Gasteiger partial charge < -0.3 is 5.32 Å².